The Bertz CT molecular complexity index is 200. The van der Waals surface area contributed by atoms with Crippen molar-refractivity contribution in [3.05, 3.63) is 0 Å². The number of hydrogen-bond donors (Lipinski definition) is 0. The lowest BCUT2D eigenvalue weighted by atomic mass is 10.4. The van der Waals surface area contributed by atoms with Crippen LogP contribution >= 0.6 is 0 Å². The molecule has 1 heteroatoms. The van der Waals surface area contributed by atoms with Crippen LogP contribution in [0.3, 0.4) is 0 Å². The standard InChI is InChI=1S/C16H32Si/c1-5-9-13-17(14-10-6-2,15-11-7-3)16-12-8-4/h5-11,13-15H2,1-4H3. The van der Waals surface area contributed by atoms with Crippen molar-refractivity contribution in [2.75, 3.05) is 0 Å². The van der Waals surface area contributed by atoms with Gasteiger partial charge in [0.25, 0.3) is 0 Å². The summed E-state index contributed by atoms with van der Waals surface area (Å²) in [5, 5.41) is 0. The van der Waals surface area contributed by atoms with Gasteiger partial charge in [-0.25, -0.2) is 0 Å². The van der Waals surface area contributed by atoms with E-state index >= 15 is 0 Å². The molecule has 0 amide bonds. The monoisotopic (exact) mass is 252 g/mol. The Morgan fingerprint density at radius 1 is 0.706 bits per heavy atom. The summed E-state index contributed by atoms with van der Waals surface area (Å²) in [7, 11) is -1.24. The molecule has 0 heterocycles. The smallest absolute Gasteiger partial charge is 0.131 e. The molecule has 0 bridgehead atoms. The van der Waals surface area contributed by atoms with Gasteiger partial charge in [0.1, 0.15) is 8.07 Å². The average molecular weight is 253 g/mol. The molecule has 0 atom stereocenters. The second-order valence-electron chi connectivity index (χ2n) is 5.25. The van der Waals surface area contributed by atoms with Crippen molar-refractivity contribution in [3.63, 3.8) is 0 Å². The molecular formula is C16H32Si. The number of rotatable bonds is 9. The fourth-order valence-electron chi connectivity index (χ4n) is 2.38. The molecule has 0 nitrogen and oxygen atoms in total. The molecule has 0 N–H and O–H groups in total. The van der Waals surface area contributed by atoms with Crippen LogP contribution in [0.4, 0.5) is 0 Å². The van der Waals surface area contributed by atoms with E-state index in [0.717, 1.165) is 6.42 Å². The lowest BCUT2D eigenvalue weighted by molar-refractivity contribution is 0.802. The van der Waals surface area contributed by atoms with Crippen LogP contribution in [-0.2, 0) is 0 Å². The van der Waals surface area contributed by atoms with E-state index in [1.165, 1.54) is 56.7 Å². The van der Waals surface area contributed by atoms with Gasteiger partial charge < -0.3 is 0 Å². The molecule has 0 aromatic rings. The second kappa shape index (κ2) is 10.9. The summed E-state index contributed by atoms with van der Waals surface area (Å²) >= 11 is 0. The Morgan fingerprint density at radius 2 is 1.12 bits per heavy atom. The Balaban J connectivity index is 4.63. The van der Waals surface area contributed by atoms with Crippen LogP contribution in [0.1, 0.15) is 72.6 Å². The zero-order valence-corrected chi connectivity index (χ0v) is 13.6. The van der Waals surface area contributed by atoms with Crippen molar-refractivity contribution in [1.82, 2.24) is 0 Å². The predicted octanol–water partition coefficient (Wildman–Crippen LogP) is 5.79. The van der Waals surface area contributed by atoms with Gasteiger partial charge in [0.05, 0.1) is 0 Å². The van der Waals surface area contributed by atoms with E-state index in [1.807, 2.05) is 0 Å². The summed E-state index contributed by atoms with van der Waals surface area (Å²) in [5.74, 6) is 3.43. The van der Waals surface area contributed by atoms with Gasteiger partial charge in [0.15, 0.2) is 0 Å². The van der Waals surface area contributed by atoms with E-state index in [4.69, 9.17) is 0 Å². The first-order valence-electron chi connectivity index (χ1n) is 7.74. The highest BCUT2D eigenvalue weighted by Gasteiger charge is 2.29. The predicted molar refractivity (Wildman–Crippen MR) is 83.0 cm³/mol. The normalized spacial score (nSPS) is 11.1. The van der Waals surface area contributed by atoms with Crippen molar-refractivity contribution in [2.24, 2.45) is 0 Å². The molecule has 0 aliphatic rings. The molecule has 0 radical (unpaired) electrons. The summed E-state index contributed by atoms with van der Waals surface area (Å²) in [5.41, 5.74) is 3.78. The van der Waals surface area contributed by atoms with E-state index in [9.17, 15) is 0 Å². The maximum atomic E-state index is 3.78. The van der Waals surface area contributed by atoms with Gasteiger partial charge >= 0.3 is 0 Å². The minimum Gasteiger partial charge on any atom is -0.131 e. The van der Waals surface area contributed by atoms with Gasteiger partial charge in [0.2, 0.25) is 0 Å². The van der Waals surface area contributed by atoms with Gasteiger partial charge in [0, 0.05) is 6.42 Å². The van der Waals surface area contributed by atoms with Crippen LogP contribution in [0.2, 0.25) is 18.1 Å². The third kappa shape index (κ3) is 7.66. The van der Waals surface area contributed by atoms with Crippen LogP contribution in [-0.4, -0.2) is 8.07 Å². The lowest BCUT2D eigenvalue weighted by Gasteiger charge is -2.26. The summed E-state index contributed by atoms with van der Waals surface area (Å²) < 4.78 is 0. The van der Waals surface area contributed by atoms with Gasteiger partial charge in [-0.1, -0.05) is 66.2 Å². The van der Waals surface area contributed by atoms with E-state index in [0.29, 0.717) is 0 Å². The van der Waals surface area contributed by atoms with Gasteiger partial charge in [-0.2, -0.15) is 0 Å². The molecule has 0 spiro atoms. The van der Waals surface area contributed by atoms with Crippen molar-refractivity contribution in [3.8, 4) is 11.5 Å². The van der Waals surface area contributed by atoms with Crippen LogP contribution in [0, 0.1) is 11.5 Å². The molecule has 17 heavy (non-hydrogen) atoms. The zero-order chi connectivity index (χ0) is 13.0. The zero-order valence-electron chi connectivity index (χ0n) is 12.6. The number of unbranched alkanes of at least 4 members (excludes halogenated alkanes) is 3. The largest absolute Gasteiger partial charge is 0.138 e. The molecule has 0 fully saturated rings. The molecular weight excluding hydrogens is 220 g/mol. The average Bonchev–Trinajstić information content (AvgIpc) is 2.37. The SMILES string of the molecule is CCC#C[Si](CCCC)(CCCC)CCCC. The Kier molecular flexibility index (Phi) is 10.8. The van der Waals surface area contributed by atoms with E-state index < -0.39 is 8.07 Å². The molecule has 0 unspecified atom stereocenters. The quantitative estimate of drug-likeness (QED) is 0.360. The van der Waals surface area contributed by atoms with E-state index in [1.54, 1.807) is 0 Å². The number of hydrogen-bond acceptors (Lipinski definition) is 0. The van der Waals surface area contributed by atoms with Crippen LogP contribution in [0.25, 0.3) is 0 Å². The van der Waals surface area contributed by atoms with Crippen LogP contribution in [0.15, 0.2) is 0 Å². The highest BCUT2D eigenvalue weighted by Crippen LogP contribution is 2.27. The topological polar surface area (TPSA) is 0 Å². The van der Waals surface area contributed by atoms with Crippen molar-refractivity contribution in [1.29, 1.82) is 0 Å². The maximum absolute atomic E-state index is 3.78. The maximum Gasteiger partial charge on any atom is 0.138 e. The van der Waals surface area contributed by atoms with Crippen LogP contribution in [0.5, 0.6) is 0 Å². The minimum absolute atomic E-state index is 1.04. The molecule has 0 saturated heterocycles. The summed E-state index contributed by atoms with van der Waals surface area (Å²) in [6.45, 7) is 9.12. The van der Waals surface area contributed by atoms with Gasteiger partial charge in [-0.05, 0) is 18.1 Å². The fourth-order valence-corrected chi connectivity index (χ4v) is 7.15. The molecule has 0 rings (SSSR count). The molecule has 0 saturated carbocycles. The van der Waals surface area contributed by atoms with E-state index in [2.05, 4.69) is 39.2 Å². The Hall–Kier alpha value is -0.223. The van der Waals surface area contributed by atoms with Crippen molar-refractivity contribution < 1.29 is 0 Å². The molecule has 0 aliphatic heterocycles. The van der Waals surface area contributed by atoms with E-state index in [-0.39, 0.29) is 0 Å². The fraction of sp³-hybridized carbons (Fsp3) is 0.875. The van der Waals surface area contributed by atoms with Gasteiger partial charge in [-0.15, -0.1) is 11.5 Å². The third-order valence-electron chi connectivity index (χ3n) is 3.56. The Morgan fingerprint density at radius 3 is 1.41 bits per heavy atom. The third-order valence-corrected chi connectivity index (χ3v) is 8.20. The first-order chi connectivity index (χ1) is 8.24. The molecule has 0 aromatic heterocycles. The highest BCUT2D eigenvalue weighted by atomic mass is 28.3. The summed E-state index contributed by atoms with van der Waals surface area (Å²) in [6, 6.07) is 4.36. The first kappa shape index (κ1) is 16.8. The van der Waals surface area contributed by atoms with Crippen molar-refractivity contribution >= 4 is 8.07 Å². The van der Waals surface area contributed by atoms with Gasteiger partial charge in [-0.3, -0.25) is 0 Å². The molecule has 0 aromatic carbocycles. The Labute approximate surface area is 111 Å². The van der Waals surface area contributed by atoms with Crippen molar-refractivity contribution in [2.45, 2.75) is 90.8 Å². The highest BCUT2D eigenvalue weighted by molar-refractivity contribution is 6.87. The van der Waals surface area contributed by atoms with Crippen LogP contribution < -0.4 is 0 Å². The lowest BCUT2D eigenvalue weighted by Crippen LogP contribution is -2.32. The summed E-state index contributed by atoms with van der Waals surface area (Å²) in [4.78, 5) is 0. The second-order valence-corrected chi connectivity index (χ2v) is 9.56. The molecule has 0 aliphatic carbocycles. The first-order valence-corrected chi connectivity index (χ1v) is 10.4. The summed E-state index contributed by atoms with van der Waals surface area (Å²) in [6.07, 6.45) is 9.25. The minimum atomic E-state index is -1.24. The molecule has 100 valence electrons.